The Morgan fingerprint density at radius 2 is 1.29 bits per heavy atom. The van der Waals surface area contributed by atoms with Gasteiger partial charge in [0.15, 0.2) is 0 Å². The Bertz CT molecular complexity index is 429. The van der Waals surface area contributed by atoms with Crippen molar-refractivity contribution in [3.05, 3.63) is 60.7 Å². The number of rotatable bonds is 4. The Morgan fingerprint density at radius 3 is 1.71 bits per heavy atom. The quantitative estimate of drug-likeness (QED) is 0.479. The lowest BCUT2D eigenvalue weighted by Crippen LogP contribution is -2.29. The average Bonchev–Trinajstić information content (AvgIpc) is 2.42. The Labute approximate surface area is 99.5 Å². The van der Waals surface area contributed by atoms with E-state index in [0.29, 0.717) is 0 Å². The highest BCUT2D eigenvalue weighted by Crippen LogP contribution is 2.22. The van der Waals surface area contributed by atoms with Crippen molar-refractivity contribution in [2.75, 3.05) is 5.01 Å². The molecule has 0 radical (unpaired) electrons. The molecule has 2 aromatic carbocycles. The SMILES string of the molecule is N/N=N/NN(c1ccccc1)c1ccccc1. The molecule has 3 N–H and O–H groups in total. The summed E-state index contributed by atoms with van der Waals surface area (Å²) in [7, 11) is 0. The summed E-state index contributed by atoms with van der Waals surface area (Å²) in [6.07, 6.45) is 0. The van der Waals surface area contributed by atoms with Gasteiger partial charge in [0.1, 0.15) is 0 Å². The van der Waals surface area contributed by atoms with E-state index in [1.165, 1.54) is 0 Å². The monoisotopic (exact) mass is 227 g/mol. The molecule has 0 saturated heterocycles. The van der Waals surface area contributed by atoms with Gasteiger partial charge < -0.3 is 5.84 Å². The third kappa shape index (κ3) is 2.72. The number of hydrogen-bond acceptors (Lipinski definition) is 3. The zero-order chi connectivity index (χ0) is 11.9. The number of para-hydroxylation sites is 2. The van der Waals surface area contributed by atoms with E-state index in [1.807, 2.05) is 60.7 Å². The molecule has 0 spiro atoms. The second-order valence-electron chi connectivity index (χ2n) is 3.32. The predicted octanol–water partition coefficient (Wildman–Crippen LogP) is 2.57. The van der Waals surface area contributed by atoms with E-state index in [0.717, 1.165) is 11.4 Å². The maximum atomic E-state index is 5.00. The highest BCUT2D eigenvalue weighted by molar-refractivity contribution is 5.61. The maximum Gasteiger partial charge on any atom is 0.0646 e. The first-order valence-corrected chi connectivity index (χ1v) is 5.17. The van der Waals surface area contributed by atoms with Crippen molar-refractivity contribution in [2.45, 2.75) is 0 Å². The molecule has 0 bridgehead atoms. The fourth-order valence-corrected chi connectivity index (χ4v) is 1.49. The van der Waals surface area contributed by atoms with Gasteiger partial charge >= 0.3 is 0 Å². The molecule has 17 heavy (non-hydrogen) atoms. The molecule has 5 nitrogen and oxygen atoms in total. The summed E-state index contributed by atoms with van der Waals surface area (Å²) >= 11 is 0. The molecular formula is C12H13N5. The van der Waals surface area contributed by atoms with E-state index < -0.39 is 0 Å². The van der Waals surface area contributed by atoms with E-state index >= 15 is 0 Å². The van der Waals surface area contributed by atoms with Crippen molar-refractivity contribution in [1.29, 1.82) is 0 Å². The van der Waals surface area contributed by atoms with Crippen LogP contribution in [-0.2, 0) is 0 Å². The second kappa shape index (κ2) is 5.50. The summed E-state index contributed by atoms with van der Waals surface area (Å²) in [6, 6.07) is 19.6. The fourth-order valence-electron chi connectivity index (χ4n) is 1.49. The van der Waals surface area contributed by atoms with Crippen molar-refractivity contribution in [3.8, 4) is 0 Å². The molecule has 0 atom stereocenters. The normalized spacial score (nSPS) is 10.4. The molecule has 0 saturated carbocycles. The van der Waals surface area contributed by atoms with Gasteiger partial charge in [0.05, 0.1) is 11.4 Å². The predicted molar refractivity (Wildman–Crippen MR) is 67.2 cm³/mol. The van der Waals surface area contributed by atoms with Gasteiger partial charge in [-0.05, 0) is 29.5 Å². The first-order valence-electron chi connectivity index (χ1n) is 5.17. The molecule has 0 unspecified atom stereocenters. The molecule has 5 heteroatoms. The lowest BCUT2D eigenvalue weighted by Gasteiger charge is -2.22. The third-order valence-electron chi connectivity index (χ3n) is 2.23. The number of anilines is 2. The van der Waals surface area contributed by atoms with Crippen LogP contribution in [0.15, 0.2) is 71.1 Å². The van der Waals surface area contributed by atoms with Crippen LogP contribution in [0.25, 0.3) is 0 Å². The molecule has 0 fully saturated rings. The molecule has 0 aliphatic heterocycles. The van der Waals surface area contributed by atoms with Crippen LogP contribution in [0.5, 0.6) is 0 Å². The van der Waals surface area contributed by atoms with E-state index in [4.69, 9.17) is 5.84 Å². The van der Waals surface area contributed by atoms with Crippen molar-refractivity contribution in [3.63, 3.8) is 0 Å². The van der Waals surface area contributed by atoms with E-state index in [-0.39, 0.29) is 0 Å². The van der Waals surface area contributed by atoms with E-state index in [9.17, 15) is 0 Å². The summed E-state index contributed by atoms with van der Waals surface area (Å²) in [5.74, 6) is 5.00. The van der Waals surface area contributed by atoms with Crippen molar-refractivity contribution in [1.82, 2.24) is 5.53 Å². The number of hydrogen-bond donors (Lipinski definition) is 2. The fraction of sp³-hybridized carbons (Fsp3) is 0. The third-order valence-corrected chi connectivity index (χ3v) is 2.23. The maximum absolute atomic E-state index is 5.00. The Morgan fingerprint density at radius 1 is 0.824 bits per heavy atom. The number of nitrogens with two attached hydrogens (primary N) is 1. The molecule has 2 rings (SSSR count). The highest BCUT2D eigenvalue weighted by Gasteiger charge is 2.06. The van der Waals surface area contributed by atoms with Crippen LogP contribution in [0.1, 0.15) is 0 Å². The Kier molecular flexibility index (Phi) is 3.54. The first kappa shape index (κ1) is 10.9. The second-order valence-corrected chi connectivity index (χ2v) is 3.32. The molecule has 0 amide bonds. The van der Waals surface area contributed by atoms with Crippen LogP contribution < -0.4 is 16.4 Å². The molecule has 0 heterocycles. The molecule has 86 valence electrons. The van der Waals surface area contributed by atoms with Crippen LogP contribution in [-0.4, -0.2) is 0 Å². The molecular weight excluding hydrogens is 214 g/mol. The summed E-state index contributed by atoms with van der Waals surface area (Å²) < 4.78 is 0. The van der Waals surface area contributed by atoms with Crippen molar-refractivity contribution >= 4 is 11.4 Å². The van der Waals surface area contributed by atoms with Gasteiger partial charge in [0, 0.05) is 0 Å². The van der Waals surface area contributed by atoms with Gasteiger partial charge in [-0.25, -0.2) is 5.01 Å². The van der Waals surface area contributed by atoms with Gasteiger partial charge in [-0.1, -0.05) is 41.6 Å². The van der Waals surface area contributed by atoms with Crippen molar-refractivity contribution < 1.29 is 0 Å². The summed E-state index contributed by atoms with van der Waals surface area (Å²) in [6.45, 7) is 0. The van der Waals surface area contributed by atoms with Gasteiger partial charge in [0.25, 0.3) is 0 Å². The molecule has 0 aromatic heterocycles. The summed E-state index contributed by atoms with van der Waals surface area (Å²) in [4.78, 5) is 0. The Balaban J connectivity index is 2.32. The van der Waals surface area contributed by atoms with Gasteiger partial charge in [-0.15, -0.1) is 0 Å². The summed E-state index contributed by atoms with van der Waals surface area (Å²) in [5.41, 5.74) is 4.67. The lowest BCUT2D eigenvalue weighted by atomic mass is 10.2. The minimum Gasteiger partial charge on any atom is -0.303 e. The standard InChI is InChI=1S/C12H13N5/c13-14-15-16-17(11-7-3-1-4-8-11)12-9-5-2-6-10-12/h1-10H,(H2,13,15)(H,14,16). The average molecular weight is 227 g/mol. The smallest absolute Gasteiger partial charge is 0.0646 e. The minimum atomic E-state index is 0.950. The lowest BCUT2D eigenvalue weighted by molar-refractivity contribution is 0.690. The van der Waals surface area contributed by atoms with Crippen LogP contribution in [0.2, 0.25) is 0 Å². The zero-order valence-corrected chi connectivity index (χ0v) is 9.19. The van der Waals surface area contributed by atoms with Gasteiger partial charge in [-0.3, -0.25) is 0 Å². The number of benzene rings is 2. The molecule has 0 aliphatic carbocycles. The molecule has 2 aromatic rings. The zero-order valence-electron chi connectivity index (χ0n) is 9.19. The summed E-state index contributed by atoms with van der Waals surface area (Å²) in [5, 5.41) is 8.59. The minimum absolute atomic E-state index is 0.950. The van der Waals surface area contributed by atoms with E-state index in [2.05, 4.69) is 16.0 Å². The highest BCUT2D eigenvalue weighted by atomic mass is 15.7. The van der Waals surface area contributed by atoms with Crippen LogP contribution >= 0.6 is 0 Å². The number of nitrogens with one attached hydrogen (secondary N) is 1. The van der Waals surface area contributed by atoms with E-state index in [1.54, 1.807) is 5.01 Å². The molecule has 0 aliphatic rings. The van der Waals surface area contributed by atoms with Gasteiger partial charge in [0.2, 0.25) is 0 Å². The number of hydrazine groups is 1. The van der Waals surface area contributed by atoms with Crippen molar-refractivity contribution in [2.24, 2.45) is 16.3 Å². The largest absolute Gasteiger partial charge is 0.303 e. The number of nitrogens with zero attached hydrogens (tertiary/aromatic N) is 3. The van der Waals surface area contributed by atoms with Crippen LogP contribution in [0.3, 0.4) is 0 Å². The first-order chi connectivity index (χ1) is 8.42. The Hall–Kier alpha value is -2.56. The topological polar surface area (TPSA) is 66.0 Å². The van der Waals surface area contributed by atoms with Gasteiger partial charge in [-0.2, -0.15) is 5.53 Å². The van der Waals surface area contributed by atoms with Crippen LogP contribution in [0, 0.1) is 0 Å². The van der Waals surface area contributed by atoms with Crippen LogP contribution in [0.4, 0.5) is 11.4 Å².